The molecular weight excluding hydrogens is 136 g/mol. The number of Topliss-reactive ketones (excluding diaryl/α,β-unsaturated/α-hetero) is 1. The lowest BCUT2D eigenvalue weighted by Gasteiger charge is -2.26. The third-order valence-corrected chi connectivity index (χ3v) is 2.71. The van der Waals surface area contributed by atoms with Gasteiger partial charge in [-0.15, -0.1) is 0 Å². The van der Waals surface area contributed by atoms with Crippen molar-refractivity contribution in [2.24, 2.45) is 11.8 Å². The van der Waals surface area contributed by atoms with Crippen LogP contribution in [0.15, 0.2) is 0 Å². The van der Waals surface area contributed by atoms with Crippen LogP contribution in [0.3, 0.4) is 0 Å². The first-order chi connectivity index (χ1) is 5.25. The topological polar surface area (TPSA) is 17.1 Å². The molecule has 1 atom stereocenters. The fourth-order valence-electron chi connectivity index (χ4n) is 1.67. The first kappa shape index (κ1) is 8.76. The highest BCUT2D eigenvalue weighted by Gasteiger charge is 2.27. The predicted octanol–water partition coefficient (Wildman–Crippen LogP) is 2.79. The maximum Gasteiger partial charge on any atom is 0.138 e. The van der Waals surface area contributed by atoms with Crippen molar-refractivity contribution in [2.75, 3.05) is 0 Å². The van der Waals surface area contributed by atoms with Crippen molar-refractivity contribution >= 4 is 5.78 Å². The van der Waals surface area contributed by atoms with Crippen molar-refractivity contribution in [3.05, 3.63) is 0 Å². The molecule has 64 valence electrons. The van der Waals surface area contributed by atoms with Gasteiger partial charge in [-0.25, -0.2) is 0 Å². The van der Waals surface area contributed by atoms with Gasteiger partial charge in [0.05, 0.1) is 0 Å². The van der Waals surface area contributed by atoms with Crippen LogP contribution in [0, 0.1) is 11.8 Å². The molecule has 0 aromatic heterocycles. The van der Waals surface area contributed by atoms with Gasteiger partial charge in [-0.05, 0) is 19.3 Å². The zero-order valence-electron chi connectivity index (χ0n) is 7.60. The molecule has 1 aliphatic rings. The van der Waals surface area contributed by atoms with Crippen molar-refractivity contribution in [3.63, 3.8) is 0 Å². The Morgan fingerprint density at radius 2 is 2.18 bits per heavy atom. The molecule has 0 heterocycles. The Bertz CT molecular complexity index is 136. The highest BCUT2D eigenvalue weighted by molar-refractivity contribution is 5.83. The summed E-state index contributed by atoms with van der Waals surface area (Å²) in [6.07, 6.45) is 5.81. The Balaban J connectivity index is 2.27. The lowest BCUT2D eigenvalue weighted by atomic mass is 9.77. The molecule has 0 N–H and O–H groups in total. The van der Waals surface area contributed by atoms with Crippen molar-refractivity contribution in [3.8, 4) is 0 Å². The summed E-state index contributed by atoms with van der Waals surface area (Å²) in [7, 11) is 0. The molecule has 1 nitrogen and oxygen atoms in total. The van der Waals surface area contributed by atoms with Crippen LogP contribution in [-0.2, 0) is 4.79 Å². The summed E-state index contributed by atoms with van der Waals surface area (Å²) in [5.74, 6) is 1.29. The van der Waals surface area contributed by atoms with E-state index in [4.69, 9.17) is 0 Å². The molecule has 0 aromatic rings. The van der Waals surface area contributed by atoms with Crippen molar-refractivity contribution in [1.82, 2.24) is 0 Å². The predicted molar refractivity (Wildman–Crippen MR) is 46.4 cm³/mol. The van der Waals surface area contributed by atoms with E-state index in [1.165, 1.54) is 6.42 Å². The molecule has 0 aromatic carbocycles. The standard InChI is InChI=1S/C10H18O/c1-3-5-8(2)10(11)9-6-4-7-9/h8-9H,3-7H2,1-2H3. The minimum Gasteiger partial charge on any atom is -0.299 e. The molecule has 1 saturated carbocycles. The van der Waals surface area contributed by atoms with Crippen molar-refractivity contribution in [1.29, 1.82) is 0 Å². The number of ketones is 1. The fourth-order valence-corrected chi connectivity index (χ4v) is 1.67. The Morgan fingerprint density at radius 3 is 2.55 bits per heavy atom. The maximum absolute atomic E-state index is 11.5. The lowest BCUT2D eigenvalue weighted by molar-refractivity contribution is -0.128. The van der Waals surface area contributed by atoms with Crippen LogP contribution < -0.4 is 0 Å². The fraction of sp³-hybridized carbons (Fsp3) is 0.900. The number of rotatable bonds is 4. The zero-order chi connectivity index (χ0) is 8.27. The molecule has 0 spiro atoms. The second-order valence-corrected chi connectivity index (χ2v) is 3.72. The summed E-state index contributed by atoms with van der Waals surface area (Å²) >= 11 is 0. The van der Waals surface area contributed by atoms with Crippen LogP contribution in [0.5, 0.6) is 0 Å². The van der Waals surface area contributed by atoms with E-state index in [1.807, 2.05) is 0 Å². The van der Waals surface area contributed by atoms with Crippen LogP contribution >= 0.6 is 0 Å². The number of hydrogen-bond acceptors (Lipinski definition) is 1. The van der Waals surface area contributed by atoms with Gasteiger partial charge < -0.3 is 0 Å². The van der Waals surface area contributed by atoms with Gasteiger partial charge in [0.25, 0.3) is 0 Å². The van der Waals surface area contributed by atoms with E-state index in [-0.39, 0.29) is 0 Å². The van der Waals surface area contributed by atoms with E-state index in [9.17, 15) is 4.79 Å². The van der Waals surface area contributed by atoms with E-state index < -0.39 is 0 Å². The van der Waals surface area contributed by atoms with Gasteiger partial charge in [-0.1, -0.05) is 26.7 Å². The Hall–Kier alpha value is -0.330. The van der Waals surface area contributed by atoms with E-state index in [0.717, 1.165) is 25.7 Å². The van der Waals surface area contributed by atoms with E-state index in [0.29, 0.717) is 17.6 Å². The first-order valence-electron chi connectivity index (χ1n) is 4.79. The van der Waals surface area contributed by atoms with Crippen LogP contribution in [-0.4, -0.2) is 5.78 Å². The third-order valence-electron chi connectivity index (χ3n) is 2.71. The normalized spacial score (nSPS) is 20.9. The summed E-state index contributed by atoms with van der Waals surface area (Å²) in [5.41, 5.74) is 0. The summed E-state index contributed by atoms with van der Waals surface area (Å²) in [5, 5.41) is 0. The molecule has 0 radical (unpaired) electrons. The van der Waals surface area contributed by atoms with Gasteiger partial charge in [-0.3, -0.25) is 4.79 Å². The minimum absolute atomic E-state index is 0.324. The second-order valence-electron chi connectivity index (χ2n) is 3.72. The van der Waals surface area contributed by atoms with E-state index >= 15 is 0 Å². The molecule has 0 bridgehead atoms. The van der Waals surface area contributed by atoms with Gasteiger partial charge in [0.2, 0.25) is 0 Å². The Morgan fingerprint density at radius 1 is 1.55 bits per heavy atom. The molecule has 1 fully saturated rings. The largest absolute Gasteiger partial charge is 0.299 e. The number of hydrogen-bond donors (Lipinski definition) is 0. The third kappa shape index (κ3) is 2.05. The number of carbonyl (C=O) groups is 1. The van der Waals surface area contributed by atoms with Gasteiger partial charge in [0, 0.05) is 11.8 Å². The maximum atomic E-state index is 11.5. The molecule has 0 amide bonds. The average molecular weight is 154 g/mol. The molecular formula is C10H18O. The van der Waals surface area contributed by atoms with Crippen LogP contribution in [0.1, 0.15) is 46.0 Å². The first-order valence-corrected chi connectivity index (χ1v) is 4.79. The van der Waals surface area contributed by atoms with Crippen molar-refractivity contribution < 1.29 is 4.79 Å². The summed E-state index contributed by atoms with van der Waals surface area (Å²) in [6, 6.07) is 0. The van der Waals surface area contributed by atoms with Gasteiger partial charge in [-0.2, -0.15) is 0 Å². The van der Waals surface area contributed by atoms with Gasteiger partial charge in [0.15, 0.2) is 0 Å². The zero-order valence-corrected chi connectivity index (χ0v) is 7.60. The van der Waals surface area contributed by atoms with Crippen LogP contribution in [0.25, 0.3) is 0 Å². The molecule has 1 unspecified atom stereocenters. The molecule has 11 heavy (non-hydrogen) atoms. The summed E-state index contributed by atoms with van der Waals surface area (Å²) in [6.45, 7) is 4.22. The molecule has 1 rings (SSSR count). The summed E-state index contributed by atoms with van der Waals surface area (Å²) in [4.78, 5) is 11.5. The van der Waals surface area contributed by atoms with Crippen LogP contribution in [0.2, 0.25) is 0 Å². The Labute approximate surface area is 69.2 Å². The minimum atomic E-state index is 0.324. The lowest BCUT2D eigenvalue weighted by Crippen LogP contribution is -2.27. The quantitative estimate of drug-likeness (QED) is 0.608. The Kier molecular flexibility index (Phi) is 3.10. The van der Waals surface area contributed by atoms with Crippen molar-refractivity contribution in [2.45, 2.75) is 46.0 Å². The highest BCUT2D eigenvalue weighted by atomic mass is 16.1. The summed E-state index contributed by atoms with van der Waals surface area (Å²) < 4.78 is 0. The van der Waals surface area contributed by atoms with E-state index in [1.54, 1.807) is 0 Å². The average Bonchev–Trinajstić information content (AvgIpc) is 1.84. The molecule has 0 aliphatic heterocycles. The van der Waals surface area contributed by atoms with Crippen LogP contribution in [0.4, 0.5) is 0 Å². The van der Waals surface area contributed by atoms with E-state index in [2.05, 4.69) is 13.8 Å². The van der Waals surface area contributed by atoms with Gasteiger partial charge >= 0.3 is 0 Å². The number of carbonyl (C=O) groups excluding carboxylic acids is 1. The second kappa shape index (κ2) is 3.89. The smallest absolute Gasteiger partial charge is 0.138 e. The highest BCUT2D eigenvalue weighted by Crippen LogP contribution is 2.30. The molecule has 1 heteroatoms. The van der Waals surface area contributed by atoms with Gasteiger partial charge in [0.1, 0.15) is 5.78 Å². The molecule has 1 aliphatic carbocycles. The molecule has 0 saturated heterocycles. The monoisotopic (exact) mass is 154 g/mol. The SMILES string of the molecule is CCCC(C)C(=O)C1CCC1.